The van der Waals surface area contributed by atoms with Gasteiger partial charge in [0.15, 0.2) is 0 Å². The van der Waals surface area contributed by atoms with Gasteiger partial charge in [0, 0.05) is 25.8 Å². The van der Waals surface area contributed by atoms with Crippen LogP contribution in [0.1, 0.15) is 11.4 Å². The molecule has 1 heterocycles. The smallest absolute Gasteiger partial charge is 0.234 e. The normalized spacial score (nSPS) is 11.1. The fourth-order valence-corrected chi connectivity index (χ4v) is 3.98. The number of aromatic nitrogens is 1. The Labute approximate surface area is 164 Å². The third-order valence-electron chi connectivity index (χ3n) is 4.35. The van der Waals surface area contributed by atoms with E-state index in [1.165, 1.54) is 10.4 Å². The maximum atomic E-state index is 12.1. The van der Waals surface area contributed by atoms with E-state index in [9.17, 15) is 4.79 Å². The van der Waals surface area contributed by atoms with Crippen molar-refractivity contribution in [2.75, 3.05) is 38.6 Å². The molecule has 0 saturated heterocycles. The standard InChI is InChI=1S/C21H26N4OS/c1-24(16-21-23-18-11-6-7-12-19(18)27-21)15-20(26)22-13-8-14-25(2)17-9-4-3-5-10-17/h3-7,9-12H,8,13-16H2,1-2H3,(H,22,26). The van der Waals surface area contributed by atoms with Gasteiger partial charge in [0.05, 0.1) is 23.3 Å². The van der Waals surface area contributed by atoms with E-state index in [1.54, 1.807) is 11.3 Å². The van der Waals surface area contributed by atoms with Crippen molar-refractivity contribution < 1.29 is 4.79 Å². The number of hydrogen-bond acceptors (Lipinski definition) is 5. The minimum Gasteiger partial charge on any atom is -0.375 e. The predicted octanol–water partition coefficient (Wildman–Crippen LogP) is 3.37. The first-order chi connectivity index (χ1) is 13.1. The van der Waals surface area contributed by atoms with Crippen LogP contribution >= 0.6 is 11.3 Å². The number of rotatable bonds is 9. The number of amides is 1. The fourth-order valence-electron chi connectivity index (χ4n) is 2.93. The van der Waals surface area contributed by atoms with Crippen LogP contribution in [0.25, 0.3) is 10.2 Å². The summed E-state index contributed by atoms with van der Waals surface area (Å²) in [6.45, 7) is 2.66. The average molecular weight is 383 g/mol. The van der Waals surface area contributed by atoms with Crippen molar-refractivity contribution in [3.63, 3.8) is 0 Å². The minimum atomic E-state index is 0.0565. The SMILES string of the molecule is CN(CC(=O)NCCCN(C)c1ccccc1)Cc1nc2ccccc2s1. The zero-order chi connectivity index (χ0) is 19.1. The number of thiazole rings is 1. The van der Waals surface area contributed by atoms with E-state index >= 15 is 0 Å². The number of fused-ring (bicyclic) bond motifs is 1. The van der Waals surface area contributed by atoms with Gasteiger partial charge in [-0.3, -0.25) is 9.69 Å². The van der Waals surface area contributed by atoms with Crippen LogP contribution in [0.5, 0.6) is 0 Å². The second-order valence-electron chi connectivity index (χ2n) is 6.71. The van der Waals surface area contributed by atoms with Crippen LogP contribution in [0, 0.1) is 0 Å². The molecular formula is C21H26N4OS. The summed E-state index contributed by atoms with van der Waals surface area (Å²) in [6.07, 6.45) is 0.915. The van der Waals surface area contributed by atoms with Gasteiger partial charge in [0.1, 0.15) is 5.01 Å². The van der Waals surface area contributed by atoms with E-state index in [-0.39, 0.29) is 5.91 Å². The van der Waals surface area contributed by atoms with Crippen molar-refractivity contribution >= 4 is 33.1 Å². The molecule has 0 aliphatic carbocycles. The van der Waals surface area contributed by atoms with E-state index in [2.05, 4.69) is 40.4 Å². The van der Waals surface area contributed by atoms with Gasteiger partial charge in [0.2, 0.25) is 5.91 Å². The van der Waals surface area contributed by atoms with Gasteiger partial charge >= 0.3 is 0 Å². The maximum absolute atomic E-state index is 12.1. The van der Waals surface area contributed by atoms with Gasteiger partial charge in [-0.05, 0) is 37.7 Å². The number of nitrogens with one attached hydrogen (secondary N) is 1. The summed E-state index contributed by atoms with van der Waals surface area (Å²) >= 11 is 1.69. The Morgan fingerprint density at radius 1 is 1.07 bits per heavy atom. The molecule has 3 aromatic rings. The molecule has 0 radical (unpaired) electrons. The molecule has 5 nitrogen and oxygen atoms in total. The Balaban J connectivity index is 1.36. The number of hydrogen-bond donors (Lipinski definition) is 1. The van der Waals surface area contributed by atoms with Crippen LogP contribution in [0.2, 0.25) is 0 Å². The minimum absolute atomic E-state index is 0.0565. The quantitative estimate of drug-likeness (QED) is 0.577. The second-order valence-corrected chi connectivity index (χ2v) is 7.82. The molecule has 2 aromatic carbocycles. The van der Waals surface area contributed by atoms with Crippen LogP contribution in [0.3, 0.4) is 0 Å². The van der Waals surface area contributed by atoms with Gasteiger partial charge in [-0.1, -0.05) is 30.3 Å². The van der Waals surface area contributed by atoms with Gasteiger partial charge in [-0.2, -0.15) is 0 Å². The zero-order valence-corrected chi connectivity index (χ0v) is 16.7. The van der Waals surface area contributed by atoms with Crippen LogP contribution in [0.15, 0.2) is 54.6 Å². The molecule has 0 fully saturated rings. The maximum Gasteiger partial charge on any atom is 0.234 e. The van der Waals surface area contributed by atoms with E-state index in [0.717, 1.165) is 23.5 Å². The van der Waals surface area contributed by atoms with Crippen LogP contribution in [0.4, 0.5) is 5.69 Å². The molecule has 1 N–H and O–H groups in total. The van der Waals surface area contributed by atoms with E-state index < -0.39 is 0 Å². The molecule has 3 rings (SSSR count). The van der Waals surface area contributed by atoms with Gasteiger partial charge < -0.3 is 10.2 Å². The summed E-state index contributed by atoms with van der Waals surface area (Å²) in [5.41, 5.74) is 2.22. The van der Waals surface area contributed by atoms with Crippen molar-refractivity contribution in [3.8, 4) is 0 Å². The molecule has 27 heavy (non-hydrogen) atoms. The summed E-state index contributed by atoms with van der Waals surface area (Å²) in [7, 11) is 4.03. The van der Waals surface area contributed by atoms with Gasteiger partial charge in [-0.15, -0.1) is 11.3 Å². The molecule has 0 spiro atoms. The number of carbonyl (C=O) groups is 1. The summed E-state index contributed by atoms with van der Waals surface area (Å²) in [5.74, 6) is 0.0565. The topological polar surface area (TPSA) is 48.5 Å². The van der Waals surface area contributed by atoms with Crippen LogP contribution in [-0.2, 0) is 11.3 Å². The molecule has 1 amide bonds. The zero-order valence-electron chi connectivity index (χ0n) is 15.9. The van der Waals surface area contributed by atoms with Crippen molar-refractivity contribution in [1.29, 1.82) is 0 Å². The number of likely N-dealkylation sites (N-methyl/N-ethyl adjacent to an activating group) is 1. The van der Waals surface area contributed by atoms with Gasteiger partial charge in [0.25, 0.3) is 0 Å². The molecule has 0 aliphatic heterocycles. The van der Waals surface area contributed by atoms with E-state index in [4.69, 9.17) is 0 Å². The van der Waals surface area contributed by atoms with Crippen molar-refractivity contribution in [2.24, 2.45) is 0 Å². The highest BCUT2D eigenvalue weighted by atomic mass is 32.1. The lowest BCUT2D eigenvalue weighted by Crippen LogP contribution is -2.36. The third kappa shape index (κ3) is 5.77. The molecule has 142 valence electrons. The molecule has 0 saturated carbocycles. The number of carbonyl (C=O) groups excluding carboxylic acids is 1. The first-order valence-electron chi connectivity index (χ1n) is 9.17. The number of anilines is 1. The van der Waals surface area contributed by atoms with E-state index in [0.29, 0.717) is 19.6 Å². The summed E-state index contributed by atoms with van der Waals surface area (Å²) < 4.78 is 1.19. The lowest BCUT2D eigenvalue weighted by atomic mass is 10.3. The Hall–Kier alpha value is -2.44. The fraction of sp³-hybridized carbons (Fsp3) is 0.333. The molecule has 1 aromatic heterocycles. The van der Waals surface area contributed by atoms with E-state index in [1.807, 2.05) is 48.3 Å². The summed E-state index contributed by atoms with van der Waals surface area (Å²) in [4.78, 5) is 21.0. The predicted molar refractivity (Wildman–Crippen MR) is 113 cm³/mol. The molecule has 6 heteroatoms. The van der Waals surface area contributed by atoms with Crippen LogP contribution in [-0.4, -0.2) is 49.5 Å². The first kappa shape index (κ1) is 19.3. The summed E-state index contributed by atoms with van der Waals surface area (Å²) in [6, 6.07) is 18.4. The lowest BCUT2D eigenvalue weighted by molar-refractivity contribution is -0.122. The average Bonchev–Trinajstić information content (AvgIpc) is 3.07. The highest BCUT2D eigenvalue weighted by molar-refractivity contribution is 7.18. The monoisotopic (exact) mass is 382 g/mol. The summed E-state index contributed by atoms with van der Waals surface area (Å²) in [5, 5.41) is 4.05. The first-order valence-corrected chi connectivity index (χ1v) is 9.99. The highest BCUT2D eigenvalue weighted by Gasteiger charge is 2.10. The molecule has 0 unspecified atom stereocenters. The Morgan fingerprint density at radius 2 is 1.81 bits per heavy atom. The molecule has 0 bridgehead atoms. The lowest BCUT2D eigenvalue weighted by Gasteiger charge is -2.19. The van der Waals surface area contributed by atoms with Crippen molar-refractivity contribution in [3.05, 3.63) is 59.6 Å². The van der Waals surface area contributed by atoms with Crippen molar-refractivity contribution in [1.82, 2.24) is 15.2 Å². The number of para-hydroxylation sites is 2. The van der Waals surface area contributed by atoms with Crippen LogP contribution < -0.4 is 10.2 Å². The molecular weight excluding hydrogens is 356 g/mol. The largest absolute Gasteiger partial charge is 0.375 e. The Morgan fingerprint density at radius 3 is 2.59 bits per heavy atom. The number of benzene rings is 2. The Bertz CT molecular complexity index is 832. The molecule has 0 aliphatic rings. The van der Waals surface area contributed by atoms with Crippen molar-refractivity contribution in [2.45, 2.75) is 13.0 Å². The third-order valence-corrected chi connectivity index (χ3v) is 5.37. The second kappa shape index (κ2) is 9.48. The molecule has 0 atom stereocenters. The van der Waals surface area contributed by atoms with Gasteiger partial charge in [-0.25, -0.2) is 4.98 Å². The number of nitrogens with zero attached hydrogens (tertiary/aromatic N) is 3. The Kier molecular flexibility index (Phi) is 6.79. The highest BCUT2D eigenvalue weighted by Crippen LogP contribution is 2.22.